The van der Waals surface area contributed by atoms with Crippen LogP contribution in [-0.2, 0) is 4.79 Å². The zero-order valence-electron chi connectivity index (χ0n) is 17.5. The third kappa shape index (κ3) is 3.34. The topological polar surface area (TPSA) is 99.2 Å². The van der Waals surface area contributed by atoms with E-state index in [0.717, 1.165) is 30.6 Å². The lowest BCUT2D eigenvalue weighted by atomic mass is 10.0. The van der Waals surface area contributed by atoms with E-state index in [0.29, 0.717) is 28.8 Å². The van der Waals surface area contributed by atoms with Crippen LogP contribution in [0, 0.1) is 5.41 Å². The minimum atomic E-state index is -0.229. The van der Waals surface area contributed by atoms with E-state index >= 15 is 0 Å². The highest BCUT2D eigenvalue weighted by molar-refractivity contribution is 6.16. The average Bonchev–Trinajstić information content (AvgIpc) is 3.31. The average molecular weight is 405 g/mol. The Morgan fingerprint density at radius 2 is 1.97 bits per heavy atom. The quantitative estimate of drug-likeness (QED) is 0.744. The molecule has 30 heavy (non-hydrogen) atoms. The molecule has 3 N–H and O–H groups in total. The largest absolute Gasteiger partial charge is 0.398 e. The second-order valence-electron chi connectivity index (χ2n) is 7.91. The van der Waals surface area contributed by atoms with Gasteiger partial charge in [-0.1, -0.05) is 50.1 Å². The number of rotatable bonds is 5. The molecule has 2 aromatic rings. The van der Waals surface area contributed by atoms with Crippen LogP contribution in [0.1, 0.15) is 50.4 Å². The minimum Gasteiger partial charge on any atom is -0.398 e. The zero-order chi connectivity index (χ0) is 21.3. The van der Waals surface area contributed by atoms with Gasteiger partial charge in [-0.05, 0) is 24.8 Å². The Morgan fingerprint density at radius 1 is 1.27 bits per heavy atom. The molecular formula is C23H28N6O. The molecule has 0 bridgehead atoms. The van der Waals surface area contributed by atoms with Gasteiger partial charge in [-0.15, -0.1) is 0 Å². The number of carbonyl (C=O) groups is 1. The van der Waals surface area contributed by atoms with Crippen molar-refractivity contribution in [2.45, 2.75) is 51.1 Å². The molecule has 1 atom stereocenters. The van der Waals surface area contributed by atoms with E-state index in [9.17, 15) is 4.79 Å². The highest BCUT2D eigenvalue weighted by atomic mass is 16.2. The minimum absolute atomic E-state index is 0.0832. The Hall–Kier alpha value is -3.22. The van der Waals surface area contributed by atoms with Crippen LogP contribution in [0.2, 0.25) is 0 Å². The molecule has 1 aliphatic carbocycles. The molecule has 1 aromatic heterocycles. The van der Waals surface area contributed by atoms with Crippen LogP contribution in [0.15, 0.2) is 36.5 Å². The van der Waals surface area contributed by atoms with Crippen molar-refractivity contribution in [1.82, 2.24) is 9.97 Å². The van der Waals surface area contributed by atoms with E-state index in [1.54, 1.807) is 18.1 Å². The number of hydrogen-bond donors (Lipinski definition) is 2. The summed E-state index contributed by atoms with van der Waals surface area (Å²) in [6.07, 6.45) is 8.07. The van der Waals surface area contributed by atoms with E-state index < -0.39 is 0 Å². The fraction of sp³-hybridized carbons (Fsp3) is 0.391. The fourth-order valence-corrected chi connectivity index (χ4v) is 4.55. The standard InChI is InChI=1S/C23H28N6O/c1-3-18-23(30)28(2)19-14-26-21(27-22(19)29(18)16-11-7-8-12-16)17(13-24)20(25)15-9-5-4-6-10-15/h4-6,9-10,13-14,16,18,24H,3,7-8,11-12,25H2,1-2H3/b20-17+,24-13?/t18-/m1/s1. The van der Waals surface area contributed by atoms with Crippen LogP contribution in [-0.4, -0.2) is 41.2 Å². The monoisotopic (exact) mass is 404 g/mol. The number of likely N-dealkylation sites (N-methyl/N-ethyl adjacent to an activating group) is 1. The highest BCUT2D eigenvalue weighted by Crippen LogP contribution is 2.39. The first-order chi connectivity index (χ1) is 14.6. The van der Waals surface area contributed by atoms with Gasteiger partial charge < -0.3 is 20.9 Å². The lowest BCUT2D eigenvalue weighted by Crippen LogP contribution is -2.55. The van der Waals surface area contributed by atoms with E-state index in [-0.39, 0.29) is 11.9 Å². The summed E-state index contributed by atoms with van der Waals surface area (Å²) in [5, 5.41) is 7.96. The van der Waals surface area contributed by atoms with Crippen molar-refractivity contribution in [2.24, 2.45) is 5.73 Å². The summed E-state index contributed by atoms with van der Waals surface area (Å²) in [5.41, 5.74) is 8.86. The normalized spacial score (nSPS) is 20.2. The maximum absolute atomic E-state index is 13.0. The molecule has 4 rings (SSSR count). The highest BCUT2D eigenvalue weighted by Gasteiger charge is 2.41. The number of nitrogens with one attached hydrogen (secondary N) is 1. The molecule has 1 aromatic carbocycles. The van der Waals surface area contributed by atoms with Crippen LogP contribution in [0.25, 0.3) is 11.3 Å². The molecule has 7 heteroatoms. The van der Waals surface area contributed by atoms with Crippen molar-refractivity contribution in [2.75, 3.05) is 16.8 Å². The molecule has 7 nitrogen and oxygen atoms in total. The van der Waals surface area contributed by atoms with E-state index in [2.05, 4.69) is 9.88 Å². The predicted molar refractivity (Wildman–Crippen MR) is 120 cm³/mol. The molecule has 0 unspecified atom stereocenters. The summed E-state index contributed by atoms with van der Waals surface area (Å²) in [6, 6.07) is 9.62. The molecule has 1 aliphatic heterocycles. The van der Waals surface area contributed by atoms with Crippen molar-refractivity contribution < 1.29 is 4.79 Å². The Bertz CT molecular complexity index is 980. The number of nitrogens with two attached hydrogens (primary N) is 1. The van der Waals surface area contributed by atoms with Crippen LogP contribution in [0.5, 0.6) is 0 Å². The third-order valence-electron chi connectivity index (χ3n) is 6.17. The van der Waals surface area contributed by atoms with Gasteiger partial charge in [0.05, 0.1) is 17.5 Å². The molecule has 0 spiro atoms. The predicted octanol–water partition coefficient (Wildman–Crippen LogP) is 3.46. The van der Waals surface area contributed by atoms with E-state index in [1.807, 2.05) is 37.3 Å². The van der Waals surface area contributed by atoms with Gasteiger partial charge in [0.25, 0.3) is 0 Å². The van der Waals surface area contributed by atoms with Gasteiger partial charge in [-0.3, -0.25) is 4.79 Å². The Balaban J connectivity index is 1.85. The number of hydrogen-bond acceptors (Lipinski definition) is 6. The van der Waals surface area contributed by atoms with Gasteiger partial charge >= 0.3 is 0 Å². The lowest BCUT2D eigenvalue weighted by molar-refractivity contribution is -0.120. The van der Waals surface area contributed by atoms with Gasteiger partial charge in [-0.25, -0.2) is 9.97 Å². The second-order valence-corrected chi connectivity index (χ2v) is 7.91. The van der Waals surface area contributed by atoms with E-state index in [1.165, 1.54) is 19.1 Å². The van der Waals surface area contributed by atoms with Crippen molar-refractivity contribution in [3.63, 3.8) is 0 Å². The Morgan fingerprint density at radius 3 is 2.60 bits per heavy atom. The number of benzene rings is 1. The van der Waals surface area contributed by atoms with Crippen molar-refractivity contribution in [1.29, 1.82) is 5.41 Å². The summed E-state index contributed by atoms with van der Waals surface area (Å²) in [4.78, 5) is 26.2. The third-order valence-corrected chi connectivity index (χ3v) is 6.17. The number of amides is 1. The first-order valence-electron chi connectivity index (χ1n) is 10.6. The summed E-state index contributed by atoms with van der Waals surface area (Å²) >= 11 is 0. The number of allylic oxidation sites excluding steroid dienone is 1. The first-order valence-corrected chi connectivity index (χ1v) is 10.6. The molecular weight excluding hydrogens is 376 g/mol. The van der Waals surface area contributed by atoms with Crippen molar-refractivity contribution in [3.05, 3.63) is 47.9 Å². The number of carbonyl (C=O) groups excluding carboxylic acids is 1. The van der Waals surface area contributed by atoms with Gasteiger partial charge in [0.2, 0.25) is 5.91 Å². The summed E-state index contributed by atoms with van der Waals surface area (Å²) in [7, 11) is 1.78. The van der Waals surface area contributed by atoms with Gasteiger partial charge in [-0.2, -0.15) is 0 Å². The van der Waals surface area contributed by atoms with Crippen LogP contribution >= 0.6 is 0 Å². The number of anilines is 2. The number of aromatic nitrogens is 2. The molecule has 1 amide bonds. The van der Waals surface area contributed by atoms with Crippen molar-refractivity contribution >= 4 is 34.9 Å². The molecule has 0 saturated heterocycles. The Labute approximate surface area is 177 Å². The SMILES string of the molecule is CC[C@@H]1C(=O)N(C)c2cnc(/C(C=N)=C(/N)c3ccccc3)nc2N1C1CCCC1. The number of fused-ring (bicyclic) bond motifs is 1. The second kappa shape index (κ2) is 8.26. The molecule has 156 valence electrons. The maximum atomic E-state index is 13.0. The summed E-state index contributed by atoms with van der Waals surface area (Å²) in [6.45, 7) is 2.04. The summed E-state index contributed by atoms with van der Waals surface area (Å²) in [5.74, 6) is 1.26. The summed E-state index contributed by atoms with van der Waals surface area (Å²) < 4.78 is 0. The smallest absolute Gasteiger partial charge is 0.249 e. The lowest BCUT2D eigenvalue weighted by Gasteiger charge is -2.43. The van der Waals surface area contributed by atoms with Crippen LogP contribution in [0.3, 0.4) is 0 Å². The van der Waals surface area contributed by atoms with Gasteiger partial charge in [0, 0.05) is 19.3 Å². The zero-order valence-corrected chi connectivity index (χ0v) is 17.5. The van der Waals surface area contributed by atoms with Gasteiger partial charge in [0.15, 0.2) is 11.6 Å². The fourth-order valence-electron chi connectivity index (χ4n) is 4.55. The van der Waals surface area contributed by atoms with Crippen LogP contribution in [0.4, 0.5) is 11.5 Å². The van der Waals surface area contributed by atoms with E-state index in [4.69, 9.17) is 16.1 Å². The number of nitrogens with zero attached hydrogens (tertiary/aromatic N) is 4. The molecule has 1 saturated carbocycles. The molecule has 2 aliphatic rings. The van der Waals surface area contributed by atoms with Gasteiger partial charge in [0.1, 0.15) is 11.7 Å². The van der Waals surface area contributed by atoms with Crippen LogP contribution < -0.4 is 15.5 Å². The molecule has 0 radical (unpaired) electrons. The molecule has 2 heterocycles. The van der Waals surface area contributed by atoms with Crippen molar-refractivity contribution in [3.8, 4) is 0 Å². The molecule has 1 fully saturated rings. The maximum Gasteiger partial charge on any atom is 0.249 e. The Kier molecular flexibility index (Phi) is 5.53. The first kappa shape index (κ1) is 20.1.